The van der Waals surface area contributed by atoms with Gasteiger partial charge >= 0.3 is 12.5 Å². The zero-order chi connectivity index (χ0) is 33.8. The summed E-state index contributed by atoms with van der Waals surface area (Å²) in [4.78, 5) is 0. The summed E-state index contributed by atoms with van der Waals surface area (Å²) >= 11 is 0. The molecule has 0 unspecified atom stereocenters. The molecule has 0 heterocycles. The molecule has 0 aliphatic carbocycles. The van der Waals surface area contributed by atoms with Crippen molar-refractivity contribution in [3.05, 3.63) is 132 Å². The number of rotatable bonds is 11. The highest BCUT2D eigenvalue weighted by Gasteiger charge is 2.35. The molecule has 0 aromatic heterocycles. The van der Waals surface area contributed by atoms with E-state index in [2.05, 4.69) is 11.7 Å². The second-order valence-electron chi connectivity index (χ2n) is 10.9. The van der Waals surface area contributed by atoms with Gasteiger partial charge in [-0.3, -0.25) is 0 Å². The number of halogens is 8. The van der Waals surface area contributed by atoms with Crippen LogP contribution >= 0.6 is 0 Å². The van der Waals surface area contributed by atoms with Crippen LogP contribution in [0.1, 0.15) is 37.3 Å². The summed E-state index contributed by atoms with van der Waals surface area (Å²) in [5.74, 6) is -4.22. The highest BCUT2D eigenvalue weighted by molar-refractivity contribution is 5.74. The molecule has 244 valence electrons. The first kappa shape index (κ1) is 33.5. The summed E-state index contributed by atoms with van der Waals surface area (Å²) in [6.07, 6.45) is -4.87. The van der Waals surface area contributed by atoms with Gasteiger partial charge in [-0.2, -0.15) is 8.78 Å². The number of hydrogen-bond acceptors (Lipinski definition) is 2. The SMILES string of the molecule is CCCCCc1ccc(C(F)(F)Oc2ccc(-c3ccc(-c4ccc(-c5ccc(OC(F)(F)F)c(F)c5)c(F)c4)cc3)c(F)c2)cc1. The molecule has 0 saturated carbocycles. The third kappa shape index (κ3) is 8.30. The van der Waals surface area contributed by atoms with Gasteiger partial charge in [0.05, 0.1) is 5.56 Å². The van der Waals surface area contributed by atoms with E-state index in [-0.39, 0.29) is 28.0 Å². The van der Waals surface area contributed by atoms with Gasteiger partial charge in [0.25, 0.3) is 0 Å². The van der Waals surface area contributed by atoms with Crippen molar-refractivity contribution in [1.82, 2.24) is 0 Å². The maximum atomic E-state index is 15.1. The van der Waals surface area contributed by atoms with E-state index in [9.17, 15) is 26.3 Å². The average molecular weight is 657 g/mol. The van der Waals surface area contributed by atoms with Gasteiger partial charge in [0.1, 0.15) is 17.4 Å². The molecule has 0 atom stereocenters. The zero-order valence-corrected chi connectivity index (χ0v) is 25.0. The molecule has 2 nitrogen and oxygen atoms in total. The summed E-state index contributed by atoms with van der Waals surface area (Å²) in [5, 5.41) is 0. The average Bonchev–Trinajstić information content (AvgIpc) is 3.02. The fourth-order valence-electron chi connectivity index (χ4n) is 5.09. The van der Waals surface area contributed by atoms with E-state index in [4.69, 9.17) is 4.74 Å². The largest absolute Gasteiger partial charge is 0.573 e. The van der Waals surface area contributed by atoms with Crippen molar-refractivity contribution < 1.29 is 44.6 Å². The number of ether oxygens (including phenoxy) is 2. The molecule has 0 saturated heterocycles. The topological polar surface area (TPSA) is 18.5 Å². The normalized spacial score (nSPS) is 11.9. The Morgan fingerprint density at radius 2 is 1.11 bits per heavy atom. The Kier molecular flexibility index (Phi) is 9.88. The molecule has 5 aromatic carbocycles. The number of hydrogen-bond donors (Lipinski definition) is 0. The molecule has 5 aromatic rings. The second kappa shape index (κ2) is 13.9. The zero-order valence-electron chi connectivity index (χ0n) is 25.0. The number of aryl methyl sites for hydroxylation is 1. The van der Waals surface area contributed by atoms with Crippen LogP contribution in [0.15, 0.2) is 103 Å². The van der Waals surface area contributed by atoms with Crippen molar-refractivity contribution in [2.24, 2.45) is 0 Å². The van der Waals surface area contributed by atoms with Crippen molar-refractivity contribution in [3.63, 3.8) is 0 Å². The first-order chi connectivity index (χ1) is 22.3. The Balaban J connectivity index is 1.27. The molecule has 10 heteroatoms. The van der Waals surface area contributed by atoms with Crippen molar-refractivity contribution in [1.29, 1.82) is 0 Å². The van der Waals surface area contributed by atoms with Gasteiger partial charge in [0, 0.05) is 17.2 Å². The quantitative estimate of drug-likeness (QED) is 0.104. The molecular weight excluding hydrogens is 628 g/mol. The minimum absolute atomic E-state index is 0.00722. The lowest BCUT2D eigenvalue weighted by Gasteiger charge is -2.19. The summed E-state index contributed by atoms with van der Waals surface area (Å²) in [5.41, 5.74) is 2.10. The molecule has 0 spiro atoms. The molecule has 0 N–H and O–H groups in total. The van der Waals surface area contributed by atoms with Crippen molar-refractivity contribution in [2.75, 3.05) is 0 Å². The Morgan fingerprint density at radius 3 is 1.72 bits per heavy atom. The second-order valence-corrected chi connectivity index (χ2v) is 10.9. The Hall–Kier alpha value is -4.86. The molecule has 0 fully saturated rings. The molecule has 0 amide bonds. The van der Waals surface area contributed by atoms with Gasteiger partial charge in [-0.15, -0.1) is 13.2 Å². The van der Waals surface area contributed by atoms with Crippen molar-refractivity contribution >= 4 is 0 Å². The Labute approximate surface area is 266 Å². The van der Waals surface area contributed by atoms with Crippen LogP contribution in [0.5, 0.6) is 11.5 Å². The maximum Gasteiger partial charge on any atom is 0.573 e. The maximum absolute atomic E-state index is 15.1. The predicted molar refractivity (Wildman–Crippen MR) is 163 cm³/mol. The third-order valence-electron chi connectivity index (χ3n) is 7.51. The molecule has 0 bridgehead atoms. The highest BCUT2D eigenvalue weighted by Crippen LogP contribution is 2.36. The minimum Gasteiger partial charge on any atom is -0.429 e. The molecule has 47 heavy (non-hydrogen) atoms. The fraction of sp³-hybridized carbons (Fsp3) is 0.189. The van der Waals surface area contributed by atoms with Crippen LogP contribution in [0.4, 0.5) is 35.1 Å². The van der Waals surface area contributed by atoms with Crippen molar-refractivity contribution in [2.45, 2.75) is 45.1 Å². The smallest absolute Gasteiger partial charge is 0.429 e. The van der Waals surface area contributed by atoms with Gasteiger partial charge in [0.2, 0.25) is 0 Å². The van der Waals surface area contributed by atoms with Gasteiger partial charge in [-0.25, -0.2) is 13.2 Å². The van der Waals surface area contributed by atoms with Crippen LogP contribution in [0.2, 0.25) is 0 Å². The lowest BCUT2D eigenvalue weighted by molar-refractivity contribution is -0.275. The molecule has 5 rings (SSSR count). The van der Waals surface area contributed by atoms with E-state index in [0.29, 0.717) is 16.7 Å². The summed E-state index contributed by atoms with van der Waals surface area (Å²) in [7, 11) is 0. The van der Waals surface area contributed by atoms with Crippen LogP contribution in [0, 0.1) is 17.5 Å². The van der Waals surface area contributed by atoms with E-state index in [1.807, 2.05) is 0 Å². The minimum atomic E-state index is -5.08. The first-order valence-corrected chi connectivity index (χ1v) is 14.7. The summed E-state index contributed by atoms with van der Waals surface area (Å²) < 4.78 is 120. The van der Waals surface area contributed by atoms with Crippen LogP contribution in [-0.4, -0.2) is 6.36 Å². The van der Waals surface area contributed by atoms with E-state index in [1.165, 1.54) is 36.4 Å². The fourth-order valence-corrected chi connectivity index (χ4v) is 5.09. The van der Waals surface area contributed by atoms with Crippen LogP contribution in [0.3, 0.4) is 0 Å². The summed E-state index contributed by atoms with van der Waals surface area (Å²) in [6.45, 7) is 2.09. The van der Waals surface area contributed by atoms with Gasteiger partial charge < -0.3 is 9.47 Å². The van der Waals surface area contributed by atoms with Crippen molar-refractivity contribution in [3.8, 4) is 44.9 Å². The number of alkyl halides is 5. The van der Waals surface area contributed by atoms with Gasteiger partial charge in [-0.05, 0) is 83.1 Å². The van der Waals surface area contributed by atoms with Gasteiger partial charge in [0.15, 0.2) is 11.6 Å². The molecule has 0 aliphatic heterocycles. The molecular formula is C37H28F8O2. The van der Waals surface area contributed by atoms with E-state index in [0.717, 1.165) is 55.5 Å². The highest BCUT2D eigenvalue weighted by atomic mass is 19.4. The molecule has 0 aliphatic rings. The lowest BCUT2D eigenvalue weighted by Crippen LogP contribution is -2.22. The van der Waals surface area contributed by atoms with Crippen LogP contribution < -0.4 is 9.47 Å². The monoisotopic (exact) mass is 656 g/mol. The van der Waals surface area contributed by atoms with Crippen LogP contribution in [-0.2, 0) is 12.5 Å². The lowest BCUT2D eigenvalue weighted by atomic mass is 9.97. The standard InChI is InChI=1S/C37H28F8O2/c1-2-3-4-5-23-6-14-28(15-7-23)36(41,42)46-29-16-18-30(33(39)22-29)25-10-8-24(9-11-25)26-12-17-31(32(38)20-26)27-13-19-35(34(40)21-27)47-37(43,44)45/h6-22H,2-5H2,1H3. The molecule has 0 radical (unpaired) electrons. The van der Waals surface area contributed by atoms with Crippen LogP contribution in [0.25, 0.3) is 33.4 Å². The summed E-state index contributed by atoms with van der Waals surface area (Å²) in [6, 6.07) is 22.4. The number of benzene rings is 5. The van der Waals surface area contributed by atoms with E-state index < -0.39 is 35.7 Å². The first-order valence-electron chi connectivity index (χ1n) is 14.7. The van der Waals surface area contributed by atoms with E-state index >= 15 is 8.78 Å². The van der Waals surface area contributed by atoms with Gasteiger partial charge in [-0.1, -0.05) is 74.4 Å². The van der Waals surface area contributed by atoms with E-state index in [1.54, 1.807) is 42.5 Å². The Morgan fingerprint density at radius 1 is 0.532 bits per heavy atom. The third-order valence-corrected chi connectivity index (χ3v) is 7.51. The predicted octanol–water partition coefficient (Wildman–Crippen LogP) is 11.9. The Bertz CT molecular complexity index is 1830. The number of unbranched alkanes of at least 4 members (excludes halogenated alkanes) is 2.